The van der Waals surface area contributed by atoms with Gasteiger partial charge >= 0.3 is 6.36 Å². The number of benzene rings is 1. The van der Waals surface area contributed by atoms with Gasteiger partial charge in [-0.3, -0.25) is 4.79 Å². The van der Waals surface area contributed by atoms with E-state index in [4.69, 9.17) is 0 Å². The van der Waals surface area contributed by atoms with Crippen LogP contribution < -0.4 is 10.3 Å². The summed E-state index contributed by atoms with van der Waals surface area (Å²) in [5.41, 5.74) is 0.362. The normalized spacial score (nSPS) is 11.4. The SMILES string of the molecule is CCCc1nc(-c2cccc(OC(F)(F)F)c2)cc(=O)[nH]1. The van der Waals surface area contributed by atoms with E-state index in [0.717, 1.165) is 6.42 Å². The van der Waals surface area contributed by atoms with Crippen LogP contribution in [0.3, 0.4) is 0 Å². The fourth-order valence-electron chi connectivity index (χ4n) is 1.86. The minimum absolute atomic E-state index is 0.315. The second-order valence-electron chi connectivity index (χ2n) is 4.40. The summed E-state index contributed by atoms with van der Waals surface area (Å²) in [4.78, 5) is 18.4. The minimum Gasteiger partial charge on any atom is -0.406 e. The molecule has 1 aromatic heterocycles. The van der Waals surface area contributed by atoms with Crippen LogP contribution in [0.2, 0.25) is 0 Å². The molecule has 1 aromatic carbocycles. The van der Waals surface area contributed by atoms with Crippen LogP contribution in [0, 0.1) is 0 Å². The Hall–Kier alpha value is -2.31. The van der Waals surface area contributed by atoms with Crippen molar-refractivity contribution in [1.82, 2.24) is 9.97 Å². The molecule has 1 N–H and O–H groups in total. The summed E-state index contributed by atoms with van der Waals surface area (Å²) in [6.07, 6.45) is -3.38. The molecule has 0 aliphatic heterocycles. The number of rotatable bonds is 4. The predicted octanol–water partition coefficient (Wildman–Crippen LogP) is 3.29. The van der Waals surface area contributed by atoms with Crippen LogP contribution in [-0.4, -0.2) is 16.3 Å². The number of ether oxygens (including phenoxy) is 1. The molecule has 0 aliphatic carbocycles. The molecule has 0 saturated heterocycles. The Kier molecular flexibility index (Phi) is 4.30. The van der Waals surface area contributed by atoms with Crippen molar-refractivity contribution in [2.24, 2.45) is 0 Å². The average molecular weight is 298 g/mol. The number of hydrogen-bond donors (Lipinski definition) is 1. The lowest BCUT2D eigenvalue weighted by atomic mass is 10.1. The highest BCUT2D eigenvalue weighted by Crippen LogP contribution is 2.26. The predicted molar refractivity (Wildman–Crippen MR) is 71.0 cm³/mol. The molecule has 0 saturated carbocycles. The maximum absolute atomic E-state index is 12.2. The lowest BCUT2D eigenvalue weighted by molar-refractivity contribution is -0.274. The first kappa shape index (κ1) is 15.1. The van der Waals surface area contributed by atoms with E-state index in [0.29, 0.717) is 23.5 Å². The summed E-state index contributed by atoms with van der Waals surface area (Å²) in [6.45, 7) is 1.93. The highest BCUT2D eigenvalue weighted by molar-refractivity contribution is 5.60. The van der Waals surface area contributed by atoms with Gasteiger partial charge in [0.05, 0.1) is 5.69 Å². The molecule has 0 atom stereocenters. The van der Waals surface area contributed by atoms with Crippen molar-refractivity contribution in [1.29, 1.82) is 0 Å². The Labute approximate surface area is 118 Å². The number of H-pyrrole nitrogens is 1. The monoisotopic (exact) mass is 298 g/mol. The van der Waals surface area contributed by atoms with Crippen LogP contribution in [0.5, 0.6) is 5.75 Å². The van der Waals surface area contributed by atoms with Gasteiger partial charge in [0.15, 0.2) is 0 Å². The second kappa shape index (κ2) is 5.99. The zero-order valence-corrected chi connectivity index (χ0v) is 11.2. The van der Waals surface area contributed by atoms with Gasteiger partial charge in [0.2, 0.25) is 0 Å². The molecule has 2 rings (SSSR count). The summed E-state index contributed by atoms with van der Waals surface area (Å²) >= 11 is 0. The third kappa shape index (κ3) is 4.34. The van der Waals surface area contributed by atoms with Gasteiger partial charge in [-0.05, 0) is 18.6 Å². The molecule has 0 fully saturated rings. The van der Waals surface area contributed by atoms with Gasteiger partial charge in [-0.1, -0.05) is 19.1 Å². The lowest BCUT2D eigenvalue weighted by Gasteiger charge is -2.10. The smallest absolute Gasteiger partial charge is 0.406 e. The highest BCUT2D eigenvalue weighted by atomic mass is 19.4. The number of halogens is 3. The van der Waals surface area contributed by atoms with Gasteiger partial charge in [-0.15, -0.1) is 13.2 Å². The van der Waals surface area contributed by atoms with Crippen molar-refractivity contribution in [3.05, 3.63) is 46.5 Å². The number of hydrogen-bond acceptors (Lipinski definition) is 3. The van der Waals surface area contributed by atoms with E-state index in [1.165, 1.54) is 24.3 Å². The van der Waals surface area contributed by atoms with E-state index in [1.807, 2.05) is 6.92 Å². The van der Waals surface area contributed by atoms with E-state index in [2.05, 4.69) is 14.7 Å². The van der Waals surface area contributed by atoms with Crippen LogP contribution in [0.1, 0.15) is 19.2 Å². The fourth-order valence-corrected chi connectivity index (χ4v) is 1.86. The molecule has 1 heterocycles. The zero-order valence-electron chi connectivity index (χ0n) is 11.2. The maximum atomic E-state index is 12.2. The van der Waals surface area contributed by atoms with Crippen LogP contribution in [0.15, 0.2) is 35.1 Å². The van der Waals surface area contributed by atoms with E-state index in [1.54, 1.807) is 6.07 Å². The highest BCUT2D eigenvalue weighted by Gasteiger charge is 2.31. The Morgan fingerprint density at radius 2 is 2.05 bits per heavy atom. The third-order valence-electron chi connectivity index (χ3n) is 2.64. The minimum atomic E-state index is -4.76. The van der Waals surface area contributed by atoms with Gasteiger partial charge in [-0.2, -0.15) is 0 Å². The van der Waals surface area contributed by atoms with Gasteiger partial charge in [0.1, 0.15) is 11.6 Å². The molecule has 0 amide bonds. The summed E-state index contributed by atoms with van der Waals surface area (Å²) in [6, 6.07) is 6.62. The number of alkyl halides is 3. The first-order valence-electron chi connectivity index (χ1n) is 6.34. The molecular weight excluding hydrogens is 285 g/mol. The largest absolute Gasteiger partial charge is 0.573 e. The van der Waals surface area contributed by atoms with Gasteiger partial charge in [0, 0.05) is 18.1 Å². The molecule has 7 heteroatoms. The zero-order chi connectivity index (χ0) is 15.5. The number of aryl methyl sites for hydroxylation is 1. The Morgan fingerprint density at radius 1 is 1.29 bits per heavy atom. The first-order valence-corrected chi connectivity index (χ1v) is 6.34. The van der Waals surface area contributed by atoms with Gasteiger partial charge in [0.25, 0.3) is 5.56 Å². The molecule has 4 nitrogen and oxygen atoms in total. The molecule has 112 valence electrons. The molecule has 0 unspecified atom stereocenters. The Balaban J connectivity index is 2.38. The molecule has 0 spiro atoms. The summed E-state index contributed by atoms with van der Waals surface area (Å²) in [7, 11) is 0. The van der Waals surface area contributed by atoms with Gasteiger partial charge < -0.3 is 9.72 Å². The van der Waals surface area contributed by atoms with Crippen molar-refractivity contribution in [3.63, 3.8) is 0 Å². The Bertz CT molecular complexity index is 680. The van der Waals surface area contributed by atoms with E-state index < -0.39 is 6.36 Å². The van der Waals surface area contributed by atoms with Crippen LogP contribution in [-0.2, 0) is 6.42 Å². The topological polar surface area (TPSA) is 55.0 Å². The number of nitrogens with zero attached hydrogens (tertiary/aromatic N) is 1. The molecular formula is C14H13F3N2O2. The molecule has 21 heavy (non-hydrogen) atoms. The van der Waals surface area contributed by atoms with Crippen molar-refractivity contribution in [2.75, 3.05) is 0 Å². The van der Waals surface area contributed by atoms with Crippen molar-refractivity contribution < 1.29 is 17.9 Å². The van der Waals surface area contributed by atoms with Crippen molar-refractivity contribution in [3.8, 4) is 17.0 Å². The van der Waals surface area contributed by atoms with E-state index >= 15 is 0 Å². The lowest BCUT2D eigenvalue weighted by Crippen LogP contribution is -2.17. The number of aromatic amines is 1. The van der Waals surface area contributed by atoms with Crippen molar-refractivity contribution >= 4 is 0 Å². The average Bonchev–Trinajstić information content (AvgIpc) is 2.36. The molecule has 0 bridgehead atoms. The van der Waals surface area contributed by atoms with Crippen LogP contribution in [0.4, 0.5) is 13.2 Å². The Morgan fingerprint density at radius 3 is 2.71 bits per heavy atom. The van der Waals surface area contributed by atoms with Crippen molar-refractivity contribution in [2.45, 2.75) is 26.1 Å². The first-order chi connectivity index (χ1) is 9.87. The van der Waals surface area contributed by atoms with E-state index in [-0.39, 0.29) is 11.3 Å². The van der Waals surface area contributed by atoms with E-state index in [9.17, 15) is 18.0 Å². The molecule has 0 aliphatic rings. The summed E-state index contributed by atoms with van der Waals surface area (Å²) in [5.74, 6) is 0.154. The van der Waals surface area contributed by atoms with Crippen LogP contribution in [0.25, 0.3) is 11.3 Å². The standard InChI is InChI=1S/C14H13F3N2O2/c1-2-4-12-18-11(8-13(20)19-12)9-5-3-6-10(7-9)21-14(15,16)17/h3,5-8H,2,4H2,1H3,(H,18,19,20). The summed E-state index contributed by atoms with van der Waals surface area (Å²) in [5, 5.41) is 0. The fraction of sp³-hybridized carbons (Fsp3) is 0.286. The maximum Gasteiger partial charge on any atom is 0.573 e. The van der Waals surface area contributed by atoms with Gasteiger partial charge in [-0.25, -0.2) is 4.98 Å². The second-order valence-corrected chi connectivity index (χ2v) is 4.40. The quantitative estimate of drug-likeness (QED) is 0.942. The molecule has 2 aromatic rings. The molecule has 0 radical (unpaired) electrons. The third-order valence-corrected chi connectivity index (χ3v) is 2.64. The number of aromatic nitrogens is 2. The van der Waals surface area contributed by atoms with Crippen LogP contribution >= 0.6 is 0 Å². The number of nitrogens with one attached hydrogen (secondary N) is 1. The summed E-state index contributed by atoms with van der Waals surface area (Å²) < 4.78 is 40.5.